The van der Waals surface area contributed by atoms with E-state index in [0.717, 1.165) is 11.3 Å². The zero-order valence-corrected chi connectivity index (χ0v) is 12.3. The second-order valence-corrected chi connectivity index (χ2v) is 7.60. The van der Waals surface area contributed by atoms with Gasteiger partial charge >= 0.3 is 0 Å². The average molecular weight is 291 g/mol. The Morgan fingerprint density at radius 2 is 2.06 bits per heavy atom. The first-order chi connectivity index (χ1) is 8.35. The number of rotatable bonds is 6. The second-order valence-electron chi connectivity index (χ2n) is 4.34. The van der Waals surface area contributed by atoms with Gasteiger partial charge in [0.25, 0.3) is 0 Å². The van der Waals surface area contributed by atoms with Gasteiger partial charge in [0.2, 0.25) is 25.2 Å². The molecule has 0 atom stereocenters. The molecular formula is C10H17N3O3S2. The third kappa shape index (κ3) is 4.34. The van der Waals surface area contributed by atoms with Crippen LogP contribution in [0.5, 0.6) is 0 Å². The Hall–Kier alpha value is -1.02. The molecule has 1 amide bonds. The summed E-state index contributed by atoms with van der Waals surface area (Å²) in [6.45, 7) is 5.64. The van der Waals surface area contributed by atoms with Crippen molar-refractivity contribution in [1.29, 1.82) is 0 Å². The number of sulfone groups is 1. The molecule has 0 unspecified atom stereocenters. The predicted octanol–water partition coefficient (Wildman–Crippen LogP) is 1.71. The summed E-state index contributed by atoms with van der Waals surface area (Å²) in [6, 6.07) is 0. The van der Waals surface area contributed by atoms with E-state index in [4.69, 9.17) is 0 Å². The van der Waals surface area contributed by atoms with Crippen LogP contribution in [0.3, 0.4) is 0 Å². The van der Waals surface area contributed by atoms with E-state index in [1.165, 1.54) is 0 Å². The van der Waals surface area contributed by atoms with Gasteiger partial charge in [0, 0.05) is 6.42 Å². The molecule has 1 heterocycles. The molecule has 0 aliphatic rings. The Bertz CT molecular complexity index is 508. The lowest BCUT2D eigenvalue weighted by Crippen LogP contribution is -2.13. The first-order valence-corrected chi connectivity index (χ1v) is 8.18. The van der Waals surface area contributed by atoms with Crippen molar-refractivity contribution < 1.29 is 13.2 Å². The zero-order valence-electron chi connectivity index (χ0n) is 10.6. The largest absolute Gasteiger partial charge is 0.300 e. The average Bonchev–Trinajstić information content (AvgIpc) is 2.65. The fourth-order valence-electron chi connectivity index (χ4n) is 1.28. The van der Waals surface area contributed by atoms with Crippen molar-refractivity contribution in [2.75, 3.05) is 11.1 Å². The van der Waals surface area contributed by atoms with Crippen molar-refractivity contribution in [3.05, 3.63) is 0 Å². The number of amides is 1. The van der Waals surface area contributed by atoms with E-state index in [1.54, 1.807) is 6.92 Å². The number of nitrogens with zero attached hydrogens (tertiary/aromatic N) is 2. The smallest absolute Gasteiger partial charge is 0.234 e. The summed E-state index contributed by atoms with van der Waals surface area (Å²) >= 11 is 0.893. The van der Waals surface area contributed by atoms with Crippen LogP contribution in [0.25, 0.3) is 0 Å². The van der Waals surface area contributed by atoms with Crippen LogP contribution >= 0.6 is 11.3 Å². The van der Waals surface area contributed by atoms with E-state index in [1.807, 2.05) is 13.8 Å². The summed E-state index contributed by atoms with van der Waals surface area (Å²) in [5, 5.41) is 10.1. The number of hydrogen-bond acceptors (Lipinski definition) is 6. The highest BCUT2D eigenvalue weighted by Gasteiger charge is 2.20. The van der Waals surface area contributed by atoms with Gasteiger partial charge < -0.3 is 5.32 Å². The maximum atomic E-state index is 11.7. The lowest BCUT2D eigenvalue weighted by molar-refractivity contribution is -0.116. The van der Waals surface area contributed by atoms with Gasteiger partial charge in [-0.1, -0.05) is 32.1 Å². The Morgan fingerprint density at radius 1 is 1.39 bits per heavy atom. The molecule has 0 fully saturated rings. The van der Waals surface area contributed by atoms with E-state index < -0.39 is 9.84 Å². The van der Waals surface area contributed by atoms with Gasteiger partial charge in [-0.3, -0.25) is 4.79 Å². The summed E-state index contributed by atoms with van der Waals surface area (Å²) in [5.74, 6) is 0.100. The normalized spacial score (nSPS) is 11.8. The Morgan fingerprint density at radius 3 is 2.61 bits per heavy atom. The first-order valence-electron chi connectivity index (χ1n) is 5.71. The molecule has 1 N–H and O–H groups in total. The number of nitrogens with one attached hydrogen (secondary N) is 1. The van der Waals surface area contributed by atoms with Crippen LogP contribution in [-0.2, 0) is 14.6 Å². The quantitative estimate of drug-likeness (QED) is 0.806. The van der Waals surface area contributed by atoms with Gasteiger partial charge in [0.1, 0.15) is 0 Å². The minimum Gasteiger partial charge on any atom is -0.300 e. The van der Waals surface area contributed by atoms with Gasteiger partial charge in [-0.25, -0.2) is 8.42 Å². The summed E-state index contributed by atoms with van der Waals surface area (Å²) in [6.07, 6.45) is 0.896. The minimum atomic E-state index is -3.35. The van der Waals surface area contributed by atoms with Crippen LogP contribution in [0.1, 0.15) is 33.6 Å². The molecule has 8 heteroatoms. The fourth-order valence-corrected chi connectivity index (χ4v) is 3.65. The lowest BCUT2D eigenvalue weighted by atomic mass is 10.1. The molecule has 0 aromatic carbocycles. The van der Waals surface area contributed by atoms with Crippen LogP contribution in [0.15, 0.2) is 4.34 Å². The number of aromatic nitrogens is 2. The van der Waals surface area contributed by atoms with E-state index in [2.05, 4.69) is 15.5 Å². The van der Waals surface area contributed by atoms with E-state index in [0.29, 0.717) is 12.8 Å². The predicted molar refractivity (Wildman–Crippen MR) is 70.3 cm³/mol. The molecule has 0 saturated carbocycles. The van der Waals surface area contributed by atoms with Crippen LogP contribution in [-0.4, -0.2) is 30.3 Å². The molecule has 6 nitrogen and oxygen atoms in total. The first kappa shape index (κ1) is 15.0. The maximum absolute atomic E-state index is 11.7. The van der Waals surface area contributed by atoms with Crippen LogP contribution < -0.4 is 5.32 Å². The molecule has 0 spiro atoms. The van der Waals surface area contributed by atoms with Crippen molar-refractivity contribution in [3.8, 4) is 0 Å². The van der Waals surface area contributed by atoms with Crippen molar-refractivity contribution in [3.63, 3.8) is 0 Å². The third-order valence-electron chi connectivity index (χ3n) is 1.99. The number of hydrogen-bond donors (Lipinski definition) is 1. The SMILES string of the molecule is CCCS(=O)(=O)c1nnc(NC(=O)CC(C)C)s1. The molecule has 0 radical (unpaired) electrons. The molecule has 102 valence electrons. The minimum absolute atomic E-state index is 0.0378. The highest BCUT2D eigenvalue weighted by Crippen LogP contribution is 2.21. The van der Waals surface area contributed by atoms with E-state index in [9.17, 15) is 13.2 Å². The van der Waals surface area contributed by atoms with Gasteiger partial charge in [-0.05, 0) is 12.3 Å². The molecule has 0 bridgehead atoms. The Balaban J connectivity index is 2.72. The molecule has 0 saturated heterocycles. The number of anilines is 1. The summed E-state index contributed by atoms with van der Waals surface area (Å²) in [4.78, 5) is 11.5. The highest BCUT2D eigenvalue weighted by atomic mass is 32.2. The van der Waals surface area contributed by atoms with Crippen molar-refractivity contribution in [1.82, 2.24) is 10.2 Å². The molecule has 1 aromatic rings. The second kappa shape index (κ2) is 6.24. The van der Waals surface area contributed by atoms with Crippen molar-refractivity contribution >= 4 is 32.2 Å². The van der Waals surface area contributed by atoms with Crippen molar-refractivity contribution in [2.45, 2.75) is 38.0 Å². The van der Waals surface area contributed by atoms with Crippen molar-refractivity contribution in [2.24, 2.45) is 5.92 Å². The summed E-state index contributed by atoms with van der Waals surface area (Å²) < 4.78 is 23.4. The fraction of sp³-hybridized carbons (Fsp3) is 0.700. The van der Waals surface area contributed by atoms with Crippen LogP contribution in [0.2, 0.25) is 0 Å². The van der Waals surface area contributed by atoms with Crippen LogP contribution in [0.4, 0.5) is 5.13 Å². The van der Waals surface area contributed by atoms with Gasteiger partial charge in [-0.2, -0.15) is 0 Å². The van der Waals surface area contributed by atoms with E-state index >= 15 is 0 Å². The number of carbonyl (C=O) groups excluding carboxylic acids is 1. The molecule has 0 aliphatic carbocycles. The topological polar surface area (TPSA) is 89.0 Å². The molecule has 1 aromatic heterocycles. The molecular weight excluding hydrogens is 274 g/mol. The number of carbonyl (C=O) groups is 1. The molecule has 1 rings (SSSR count). The maximum Gasteiger partial charge on any atom is 0.234 e. The van der Waals surface area contributed by atoms with E-state index in [-0.39, 0.29) is 27.0 Å². The summed E-state index contributed by atoms with van der Waals surface area (Å²) in [7, 11) is -3.35. The molecule has 18 heavy (non-hydrogen) atoms. The zero-order chi connectivity index (χ0) is 13.8. The monoisotopic (exact) mass is 291 g/mol. The lowest BCUT2D eigenvalue weighted by Gasteiger charge is -2.02. The highest BCUT2D eigenvalue weighted by molar-refractivity contribution is 7.93. The molecule has 0 aliphatic heterocycles. The Labute approximate surface area is 111 Å². The Kier molecular flexibility index (Phi) is 5.21. The van der Waals surface area contributed by atoms with Crippen LogP contribution in [0, 0.1) is 5.92 Å². The summed E-state index contributed by atoms with van der Waals surface area (Å²) in [5.41, 5.74) is 0. The van der Waals surface area contributed by atoms with Gasteiger partial charge in [0.15, 0.2) is 0 Å². The standard InChI is InChI=1S/C10H17N3O3S2/c1-4-5-18(15,16)10-13-12-9(17-10)11-8(14)6-7(2)3/h7H,4-6H2,1-3H3,(H,11,12,14). The van der Waals surface area contributed by atoms with Gasteiger partial charge in [-0.15, -0.1) is 10.2 Å². The third-order valence-corrected chi connectivity index (χ3v) is 5.19. The van der Waals surface area contributed by atoms with Gasteiger partial charge in [0.05, 0.1) is 5.75 Å².